The third-order valence-electron chi connectivity index (χ3n) is 2.62. The second-order valence-corrected chi connectivity index (χ2v) is 6.03. The summed E-state index contributed by atoms with van der Waals surface area (Å²) in [5.74, 6) is 1.20. The predicted octanol–water partition coefficient (Wildman–Crippen LogP) is 3.55. The van der Waals surface area contributed by atoms with Gasteiger partial charge in [0.25, 0.3) is 0 Å². The number of anilines is 1. The fourth-order valence-electron chi connectivity index (χ4n) is 1.64. The van der Waals surface area contributed by atoms with Gasteiger partial charge in [0.1, 0.15) is 0 Å². The lowest BCUT2D eigenvalue weighted by Crippen LogP contribution is -2.09. The van der Waals surface area contributed by atoms with E-state index in [2.05, 4.69) is 35.2 Å². The molecule has 102 valence electrons. The van der Waals surface area contributed by atoms with Crippen LogP contribution in [0.5, 0.6) is 5.88 Å². The quantitative estimate of drug-likeness (QED) is 0.908. The molecule has 0 bridgehead atoms. The first-order valence-corrected chi connectivity index (χ1v) is 7.15. The Morgan fingerprint density at radius 1 is 1.37 bits per heavy atom. The van der Waals surface area contributed by atoms with Crippen molar-refractivity contribution in [3.63, 3.8) is 0 Å². The number of nitrogens with zero attached hydrogens (tertiary/aromatic N) is 2. The van der Waals surface area contributed by atoms with Crippen LogP contribution in [0.3, 0.4) is 0 Å². The van der Waals surface area contributed by atoms with Crippen molar-refractivity contribution in [2.45, 2.75) is 40.3 Å². The molecular formula is C14H19N3OS. The first-order chi connectivity index (χ1) is 9.04. The maximum atomic E-state index is 5.54. The second-order valence-electron chi connectivity index (χ2n) is 4.69. The van der Waals surface area contributed by atoms with Gasteiger partial charge in [0.15, 0.2) is 0 Å². The van der Waals surface area contributed by atoms with Gasteiger partial charge in [-0.2, -0.15) is 4.98 Å². The van der Waals surface area contributed by atoms with Crippen molar-refractivity contribution in [2.75, 3.05) is 5.32 Å². The van der Waals surface area contributed by atoms with Gasteiger partial charge in [0.2, 0.25) is 11.8 Å². The molecular weight excluding hydrogens is 258 g/mol. The van der Waals surface area contributed by atoms with Crippen LogP contribution in [0.4, 0.5) is 5.95 Å². The van der Waals surface area contributed by atoms with E-state index in [1.165, 1.54) is 15.3 Å². The third kappa shape index (κ3) is 3.92. The molecule has 0 fully saturated rings. The Hall–Kier alpha value is -1.62. The molecule has 19 heavy (non-hydrogen) atoms. The minimum atomic E-state index is 0.116. The molecule has 4 nitrogen and oxygen atoms in total. The Balaban J connectivity index is 1.99. The molecule has 0 amide bonds. The molecule has 0 unspecified atom stereocenters. The molecule has 2 rings (SSSR count). The van der Waals surface area contributed by atoms with Crippen molar-refractivity contribution in [2.24, 2.45) is 0 Å². The zero-order valence-corrected chi connectivity index (χ0v) is 12.5. The summed E-state index contributed by atoms with van der Waals surface area (Å²) in [6, 6.07) is 3.96. The summed E-state index contributed by atoms with van der Waals surface area (Å²) in [5, 5.41) is 3.22. The van der Waals surface area contributed by atoms with Crippen molar-refractivity contribution in [1.29, 1.82) is 0 Å². The van der Waals surface area contributed by atoms with Crippen molar-refractivity contribution >= 4 is 17.3 Å². The number of aromatic nitrogens is 2. The molecule has 5 heteroatoms. The van der Waals surface area contributed by atoms with Crippen LogP contribution in [0.2, 0.25) is 0 Å². The molecule has 0 radical (unpaired) electrons. The molecule has 0 saturated heterocycles. The van der Waals surface area contributed by atoms with E-state index in [0.717, 1.165) is 6.54 Å². The van der Waals surface area contributed by atoms with Crippen LogP contribution < -0.4 is 10.1 Å². The van der Waals surface area contributed by atoms with Gasteiger partial charge in [-0.1, -0.05) is 0 Å². The lowest BCUT2D eigenvalue weighted by molar-refractivity contribution is 0.232. The van der Waals surface area contributed by atoms with Gasteiger partial charge >= 0.3 is 0 Å². The lowest BCUT2D eigenvalue weighted by Gasteiger charge is -2.09. The molecule has 0 aromatic carbocycles. The Kier molecular flexibility index (Phi) is 4.37. The SMILES string of the molecule is Cc1cc(CNc2nccc(OC(C)C)n2)sc1C. The lowest BCUT2D eigenvalue weighted by atomic mass is 10.3. The van der Waals surface area contributed by atoms with Crippen molar-refractivity contribution in [3.05, 3.63) is 33.6 Å². The van der Waals surface area contributed by atoms with Crippen molar-refractivity contribution < 1.29 is 4.74 Å². The van der Waals surface area contributed by atoms with E-state index in [1.807, 2.05) is 13.8 Å². The highest BCUT2D eigenvalue weighted by Crippen LogP contribution is 2.21. The molecule has 0 aliphatic heterocycles. The highest BCUT2D eigenvalue weighted by atomic mass is 32.1. The number of hydrogen-bond acceptors (Lipinski definition) is 5. The van der Waals surface area contributed by atoms with E-state index in [0.29, 0.717) is 11.8 Å². The number of aryl methyl sites for hydroxylation is 2. The van der Waals surface area contributed by atoms with E-state index in [4.69, 9.17) is 4.74 Å². The number of hydrogen-bond donors (Lipinski definition) is 1. The normalized spacial score (nSPS) is 10.8. The van der Waals surface area contributed by atoms with Crippen LogP contribution >= 0.6 is 11.3 Å². The van der Waals surface area contributed by atoms with Gasteiger partial charge in [-0.25, -0.2) is 4.98 Å². The Morgan fingerprint density at radius 2 is 2.16 bits per heavy atom. The molecule has 2 aromatic rings. The monoisotopic (exact) mass is 277 g/mol. The smallest absolute Gasteiger partial charge is 0.226 e. The van der Waals surface area contributed by atoms with Crippen LogP contribution in [0.15, 0.2) is 18.3 Å². The first kappa shape index (κ1) is 13.8. The summed E-state index contributed by atoms with van der Waals surface area (Å²) in [6.07, 6.45) is 1.82. The average molecular weight is 277 g/mol. The highest BCUT2D eigenvalue weighted by molar-refractivity contribution is 7.12. The van der Waals surface area contributed by atoms with Crippen LogP contribution in [0, 0.1) is 13.8 Å². The zero-order chi connectivity index (χ0) is 13.8. The second kappa shape index (κ2) is 6.02. The summed E-state index contributed by atoms with van der Waals surface area (Å²) < 4.78 is 5.54. The molecule has 0 atom stereocenters. The van der Waals surface area contributed by atoms with Crippen molar-refractivity contribution in [3.8, 4) is 5.88 Å². The maximum absolute atomic E-state index is 5.54. The summed E-state index contributed by atoms with van der Waals surface area (Å²) in [7, 11) is 0. The largest absolute Gasteiger partial charge is 0.475 e. The maximum Gasteiger partial charge on any atom is 0.226 e. The summed E-state index contributed by atoms with van der Waals surface area (Å²) in [6.45, 7) is 8.96. The minimum absolute atomic E-state index is 0.116. The van der Waals surface area contributed by atoms with Crippen LogP contribution in [-0.4, -0.2) is 16.1 Å². The summed E-state index contributed by atoms with van der Waals surface area (Å²) in [5.41, 5.74) is 1.33. The van der Waals surface area contributed by atoms with Crippen LogP contribution in [-0.2, 0) is 6.54 Å². The van der Waals surface area contributed by atoms with E-state index >= 15 is 0 Å². The molecule has 0 spiro atoms. The molecule has 2 aromatic heterocycles. The number of nitrogens with one attached hydrogen (secondary N) is 1. The standard InChI is InChI=1S/C14H19N3OS/c1-9(2)18-13-5-6-15-14(17-13)16-8-12-7-10(3)11(4)19-12/h5-7,9H,8H2,1-4H3,(H,15,16,17). The number of rotatable bonds is 5. The third-order valence-corrected chi connectivity index (χ3v) is 3.78. The Labute approximate surface area is 117 Å². The topological polar surface area (TPSA) is 47.0 Å². The summed E-state index contributed by atoms with van der Waals surface area (Å²) in [4.78, 5) is 11.2. The number of thiophene rings is 1. The summed E-state index contributed by atoms with van der Waals surface area (Å²) >= 11 is 1.80. The first-order valence-electron chi connectivity index (χ1n) is 6.34. The van der Waals surface area contributed by atoms with E-state index < -0.39 is 0 Å². The van der Waals surface area contributed by atoms with Gasteiger partial charge in [0, 0.05) is 22.0 Å². The molecule has 1 N–H and O–H groups in total. The van der Waals surface area contributed by atoms with E-state index in [1.54, 1.807) is 23.6 Å². The van der Waals surface area contributed by atoms with E-state index in [-0.39, 0.29) is 6.10 Å². The van der Waals surface area contributed by atoms with Gasteiger partial charge < -0.3 is 10.1 Å². The predicted molar refractivity (Wildman–Crippen MR) is 78.9 cm³/mol. The molecule has 0 aliphatic rings. The molecule has 2 heterocycles. The van der Waals surface area contributed by atoms with Gasteiger partial charge in [-0.3, -0.25) is 0 Å². The zero-order valence-electron chi connectivity index (χ0n) is 11.7. The Morgan fingerprint density at radius 3 is 2.79 bits per heavy atom. The number of ether oxygens (including phenoxy) is 1. The van der Waals surface area contributed by atoms with Gasteiger partial charge in [0.05, 0.1) is 12.6 Å². The fraction of sp³-hybridized carbons (Fsp3) is 0.429. The molecule has 0 saturated carbocycles. The van der Waals surface area contributed by atoms with E-state index in [9.17, 15) is 0 Å². The van der Waals surface area contributed by atoms with Gasteiger partial charge in [-0.15, -0.1) is 11.3 Å². The average Bonchev–Trinajstić information content (AvgIpc) is 2.66. The van der Waals surface area contributed by atoms with Crippen LogP contribution in [0.1, 0.15) is 29.2 Å². The Bertz CT molecular complexity index is 532. The van der Waals surface area contributed by atoms with Crippen molar-refractivity contribution in [1.82, 2.24) is 9.97 Å². The minimum Gasteiger partial charge on any atom is -0.475 e. The highest BCUT2D eigenvalue weighted by Gasteiger charge is 2.04. The fourth-order valence-corrected chi connectivity index (χ4v) is 2.63. The van der Waals surface area contributed by atoms with Crippen LogP contribution in [0.25, 0.3) is 0 Å². The van der Waals surface area contributed by atoms with Gasteiger partial charge in [-0.05, 0) is 39.3 Å². The molecule has 0 aliphatic carbocycles.